The Labute approximate surface area is 146 Å². The van der Waals surface area contributed by atoms with Crippen LogP contribution in [0.5, 0.6) is 0 Å². The molecule has 0 aliphatic carbocycles. The number of benzene rings is 1. The molecule has 1 aromatic rings. The summed E-state index contributed by atoms with van der Waals surface area (Å²) < 4.78 is 0. The van der Waals surface area contributed by atoms with Crippen molar-refractivity contribution < 1.29 is 4.79 Å². The maximum absolute atomic E-state index is 12.3. The Hall–Kier alpha value is -1.10. The third-order valence-corrected chi connectivity index (χ3v) is 4.26. The van der Waals surface area contributed by atoms with Crippen molar-refractivity contribution in [1.82, 2.24) is 15.5 Å². The third-order valence-electron chi connectivity index (χ3n) is 4.26. The number of carbonyl (C=O) groups is 1. The van der Waals surface area contributed by atoms with Crippen LogP contribution in [0.1, 0.15) is 32.3 Å². The van der Waals surface area contributed by atoms with Gasteiger partial charge >= 0.3 is 0 Å². The lowest BCUT2D eigenvalue weighted by Gasteiger charge is -2.29. The van der Waals surface area contributed by atoms with Crippen LogP contribution in [0.3, 0.4) is 0 Å². The summed E-state index contributed by atoms with van der Waals surface area (Å²) in [6.45, 7) is 6.95. The summed E-state index contributed by atoms with van der Waals surface area (Å²) >= 11 is 0. The summed E-state index contributed by atoms with van der Waals surface area (Å²) in [6, 6.07) is 11.0. The van der Waals surface area contributed by atoms with Crippen molar-refractivity contribution in [2.45, 2.75) is 45.3 Å². The molecule has 4 nitrogen and oxygen atoms in total. The molecule has 0 bridgehead atoms. The second-order valence-electron chi connectivity index (χ2n) is 6.67. The van der Waals surface area contributed by atoms with Crippen LogP contribution in [0.2, 0.25) is 0 Å². The molecule has 1 amide bonds. The van der Waals surface area contributed by atoms with E-state index < -0.39 is 0 Å². The average Bonchev–Trinajstić information content (AvgIpc) is 2.47. The van der Waals surface area contributed by atoms with Gasteiger partial charge in [0.25, 0.3) is 0 Å². The van der Waals surface area contributed by atoms with Crippen molar-refractivity contribution in [1.29, 1.82) is 0 Å². The summed E-state index contributed by atoms with van der Waals surface area (Å²) in [5.41, 5.74) is 1.30. The zero-order valence-corrected chi connectivity index (χ0v) is 15.2. The van der Waals surface area contributed by atoms with Crippen molar-refractivity contribution in [2.75, 3.05) is 20.1 Å². The van der Waals surface area contributed by atoms with E-state index in [1.807, 2.05) is 6.07 Å². The van der Waals surface area contributed by atoms with E-state index in [0.29, 0.717) is 6.04 Å². The van der Waals surface area contributed by atoms with Gasteiger partial charge in [0.05, 0.1) is 0 Å². The first-order valence-electron chi connectivity index (χ1n) is 8.31. The molecule has 0 radical (unpaired) electrons. The number of likely N-dealkylation sites (N-methyl/N-ethyl adjacent to an activating group) is 1. The van der Waals surface area contributed by atoms with Crippen LogP contribution in [0.4, 0.5) is 0 Å². The molecule has 1 saturated heterocycles. The van der Waals surface area contributed by atoms with Crippen LogP contribution < -0.4 is 10.6 Å². The average molecular weight is 340 g/mol. The van der Waals surface area contributed by atoms with Crippen molar-refractivity contribution in [3.63, 3.8) is 0 Å². The number of halogens is 1. The van der Waals surface area contributed by atoms with E-state index in [1.54, 1.807) is 0 Å². The second kappa shape index (κ2) is 9.91. The standard InChI is InChI=1S/C18H29N3O.ClH/c1-14-11-17(9-10-19-14)18(22)20-15(2)12-21(3)13-16-7-5-4-6-8-16;/h4-8,14-15,17,19H,9-13H2,1-3H3,(H,20,22);1H/t14-,15?,17-;/m0./s1. The predicted octanol–water partition coefficient (Wildman–Crippen LogP) is 2.43. The van der Waals surface area contributed by atoms with Crippen LogP contribution in [-0.2, 0) is 11.3 Å². The lowest BCUT2D eigenvalue weighted by Crippen LogP contribution is -2.47. The third kappa shape index (κ3) is 6.90. The number of nitrogens with one attached hydrogen (secondary N) is 2. The molecule has 0 aromatic heterocycles. The first-order chi connectivity index (χ1) is 10.5. The molecule has 1 unspecified atom stereocenters. The summed E-state index contributed by atoms with van der Waals surface area (Å²) in [4.78, 5) is 14.6. The molecule has 23 heavy (non-hydrogen) atoms. The highest BCUT2D eigenvalue weighted by molar-refractivity contribution is 5.85. The Morgan fingerprint density at radius 1 is 1.39 bits per heavy atom. The van der Waals surface area contributed by atoms with E-state index in [2.05, 4.69) is 60.7 Å². The molecule has 1 heterocycles. The molecular weight excluding hydrogens is 310 g/mol. The fraction of sp³-hybridized carbons (Fsp3) is 0.611. The van der Waals surface area contributed by atoms with Gasteiger partial charge in [-0.3, -0.25) is 4.79 Å². The van der Waals surface area contributed by atoms with Crippen molar-refractivity contribution in [2.24, 2.45) is 5.92 Å². The monoisotopic (exact) mass is 339 g/mol. The number of hydrogen-bond acceptors (Lipinski definition) is 3. The smallest absolute Gasteiger partial charge is 0.223 e. The number of amides is 1. The maximum atomic E-state index is 12.3. The van der Waals surface area contributed by atoms with Crippen LogP contribution in [0.25, 0.3) is 0 Å². The van der Waals surface area contributed by atoms with Crippen molar-refractivity contribution in [3.8, 4) is 0 Å². The molecule has 1 aliphatic heterocycles. The SMILES string of the molecule is CC(CN(C)Cc1ccccc1)NC(=O)[C@H]1CCN[C@@H](C)C1.Cl. The molecule has 1 aliphatic rings. The van der Waals surface area contributed by atoms with Gasteiger partial charge in [-0.15, -0.1) is 12.4 Å². The second-order valence-corrected chi connectivity index (χ2v) is 6.67. The number of piperidine rings is 1. The van der Waals surface area contributed by atoms with Gasteiger partial charge in [0.1, 0.15) is 0 Å². The van der Waals surface area contributed by atoms with Gasteiger partial charge in [0.2, 0.25) is 5.91 Å². The molecule has 3 atom stereocenters. The largest absolute Gasteiger partial charge is 0.352 e. The molecule has 130 valence electrons. The van der Waals surface area contributed by atoms with Gasteiger partial charge < -0.3 is 15.5 Å². The molecule has 2 N–H and O–H groups in total. The fourth-order valence-electron chi connectivity index (χ4n) is 3.20. The van der Waals surface area contributed by atoms with E-state index in [9.17, 15) is 4.79 Å². The summed E-state index contributed by atoms with van der Waals surface area (Å²) in [5, 5.41) is 6.57. The van der Waals surface area contributed by atoms with Gasteiger partial charge in [0, 0.05) is 31.1 Å². The number of nitrogens with zero attached hydrogens (tertiary/aromatic N) is 1. The quantitative estimate of drug-likeness (QED) is 0.836. The van der Waals surface area contributed by atoms with Gasteiger partial charge in [-0.25, -0.2) is 0 Å². The Morgan fingerprint density at radius 3 is 2.74 bits per heavy atom. The van der Waals surface area contributed by atoms with Crippen molar-refractivity contribution >= 4 is 18.3 Å². The van der Waals surface area contributed by atoms with Crippen molar-refractivity contribution in [3.05, 3.63) is 35.9 Å². The number of carbonyl (C=O) groups excluding carboxylic acids is 1. The Bertz CT molecular complexity index is 469. The summed E-state index contributed by atoms with van der Waals surface area (Å²) in [6.07, 6.45) is 1.89. The van der Waals surface area contributed by atoms with E-state index in [4.69, 9.17) is 0 Å². The molecule has 0 saturated carbocycles. The van der Waals surface area contributed by atoms with Gasteiger partial charge in [-0.05, 0) is 45.8 Å². The minimum Gasteiger partial charge on any atom is -0.352 e. The zero-order chi connectivity index (χ0) is 15.9. The zero-order valence-electron chi connectivity index (χ0n) is 14.4. The van der Waals surface area contributed by atoms with Crippen LogP contribution in [-0.4, -0.2) is 43.0 Å². The normalized spacial score (nSPS) is 22.3. The van der Waals surface area contributed by atoms with Crippen LogP contribution in [0, 0.1) is 5.92 Å². The van der Waals surface area contributed by atoms with Crippen LogP contribution in [0.15, 0.2) is 30.3 Å². The first-order valence-corrected chi connectivity index (χ1v) is 8.31. The minimum atomic E-state index is 0. The Balaban J connectivity index is 0.00000264. The Morgan fingerprint density at radius 2 is 2.09 bits per heavy atom. The molecule has 2 rings (SSSR count). The molecular formula is C18H30ClN3O. The topological polar surface area (TPSA) is 44.4 Å². The summed E-state index contributed by atoms with van der Waals surface area (Å²) in [7, 11) is 2.10. The summed E-state index contributed by atoms with van der Waals surface area (Å²) in [5.74, 6) is 0.382. The predicted molar refractivity (Wildman–Crippen MR) is 97.8 cm³/mol. The number of hydrogen-bond donors (Lipinski definition) is 2. The van der Waals surface area contributed by atoms with Gasteiger partial charge in [-0.2, -0.15) is 0 Å². The maximum Gasteiger partial charge on any atom is 0.223 e. The highest BCUT2D eigenvalue weighted by Gasteiger charge is 2.25. The number of rotatable bonds is 6. The highest BCUT2D eigenvalue weighted by Crippen LogP contribution is 2.16. The van der Waals surface area contributed by atoms with E-state index in [-0.39, 0.29) is 30.3 Å². The first kappa shape index (κ1) is 19.9. The molecule has 0 spiro atoms. The molecule has 5 heteroatoms. The Kier molecular flexibility index (Phi) is 8.59. The van der Waals surface area contributed by atoms with Gasteiger partial charge in [0.15, 0.2) is 0 Å². The highest BCUT2D eigenvalue weighted by atomic mass is 35.5. The molecule has 1 aromatic carbocycles. The molecule has 1 fully saturated rings. The lowest BCUT2D eigenvalue weighted by molar-refractivity contribution is -0.126. The van der Waals surface area contributed by atoms with Crippen LogP contribution >= 0.6 is 12.4 Å². The fourth-order valence-corrected chi connectivity index (χ4v) is 3.20. The van der Waals surface area contributed by atoms with Gasteiger partial charge in [-0.1, -0.05) is 30.3 Å². The van der Waals surface area contributed by atoms with E-state index >= 15 is 0 Å². The minimum absolute atomic E-state index is 0. The van der Waals surface area contributed by atoms with E-state index in [1.165, 1.54) is 5.56 Å². The van der Waals surface area contributed by atoms with E-state index in [0.717, 1.165) is 32.5 Å². The lowest BCUT2D eigenvalue weighted by atomic mass is 9.92.